The summed E-state index contributed by atoms with van der Waals surface area (Å²) in [5, 5.41) is 10.8. The largest absolute Gasteiger partial charge is 0.497 e. The number of nitrogens with one attached hydrogen (secondary N) is 1. The minimum absolute atomic E-state index is 0.144. The predicted octanol–water partition coefficient (Wildman–Crippen LogP) is 2.57. The van der Waals surface area contributed by atoms with E-state index in [1.54, 1.807) is 48.5 Å². The van der Waals surface area contributed by atoms with Gasteiger partial charge in [-0.05, 0) is 24.3 Å². The van der Waals surface area contributed by atoms with Crippen LogP contribution in [0.1, 0.15) is 10.4 Å². The number of ether oxygens (including phenoxy) is 1. The van der Waals surface area contributed by atoms with E-state index in [4.69, 9.17) is 4.74 Å². The molecule has 0 spiro atoms. The molecule has 1 aromatic heterocycles. The fraction of sp³-hybridized carbons (Fsp3) is 0.0588. The SMILES string of the molecule is COc1ccc2c(=O)c(C(=O)N(O)c3ccccc3)c[nH]c2c1. The van der Waals surface area contributed by atoms with E-state index in [2.05, 4.69) is 4.98 Å². The van der Waals surface area contributed by atoms with Crippen LogP contribution >= 0.6 is 0 Å². The van der Waals surface area contributed by atoms with Gasteiger partial charge < -0.3 is 9.72 Å². The van der Waals surface area contributed by atoms with Crippen LogP contribution in [0.25, 0.3) is 10.9 Å². The van der Waals surface area contributed by atoms with E-state index in [1.165, 1.54) is 13.3 Å². The van der Waals surface area contributed by atoms with Crippen LogP contribution in [0.4, 0.5) is 5.69 Å². The molecule has 1 heterocycles. The van der Waals surface area contributed by atoms with E-state index >= 15 is 0 Å². The Kier molecular flexibility index (Phi) is 3.82. The van der Waals surface area contributed by atoms with Crippen molar-refractivity contribution in [2.24, 2.45) is 0 Å². The third-order valence-electron chi connectivity index (χ3n) is 3.51. The van der Waals surface area contributed by atoms with Gasteiger partial charge in [0.15, 0.2) is 0 Å². The summed E-state index contributed by atoms with van der Waals surface area (Å²) in [6.45, 7) is 0. The van der Waals surface area contributed by atoms with Crippen molar-refractivity contribution in [3.63, 3.8) is 0 Å². The minimum Gasteiger partial charge on any atom is -0.497 e. The van der Waals surface area contributed by atoms with Gasteiger partial charge in [0.25, 0.3) is 5.91 Å². The van der Waals surface area contributed by atoms with Crippen molar-refractivity contribution in [2.45, 2.75) is 0 Å². The number of aromatic amines is 1. The van der Waals surface area contributed by atoms with Crippen LogP contribution in [0.3, 0.4) is 0 Å². The first-order valence-corrected chi connectivity index (χ1v) is 6.89. The number of pyridine rings is 1. The monoisotopic (exact) mass is 310 g/mol. The van der Waals surface area contributed by atoms with Gasteiger partial charge in [-0.2, -0.15) is 5.06 Å². The number of hydroxylamine groups is 1. The van der Waals surface area contributed by atoms with Crippen molar-refractivity contribution < 1.29 is 14.7 Å². The Morgan fingerprint density at radius 2 is 1.91 bits per heavy atom. The van der Waals surface area contributed by atoms with Gasteiger partial charge in [-0.3, -0.25) is 14.8 Å². The van der Waals surface area contributed by atoms with Crippen LogP contribution in [-0.4, -0.2) is 23.2 Å². The van der Waals surface area contributed by atoms with E-state index in [1.807, 2.05) is 0 Å². The van der Waals surface area contributed by atoms with Gasteiger partial charge in [-0.15, -0.1) is 0 Å². The molecule has 0 fully saturated rings. The van der Waals surface area contributed by atoms with Crippen LogP contribution in [0.15, 0.2) is 59.5 Å². The average molecular weight is 310 g/mol. The summed E-state index contributed by atoms with van der Waals surface area (Å²) in [6, 6.07) is 13.1. The number of amides is 1. The van der Waals surface area contributed by atoms with Gasteiger partial charge in [0, 0.05) is 17.6 Å². The quantitative estimate of drug-likeness (QED) is 0.575. The molecule has 0 radical (unpaired) electrons. The molecule has 0 saturated carbocycles. The van der Waals surface area contributed by atoms with Crippen LogP contribution < -0.4 is 15.2 Å². The molecule has 2 N–H and O–H groups in total. The third kappa shape index (κ3) is 2.67. The summed E-state index contributed by atoms with van der Waals surface area (Å²) in [7, 11) is 1.53. The number of methoxy groups -OCH3 is 1. The van der Waals surface area contributed by atoms with Crippen molar-refractivity contribution in [1.29, 1.82) is 0 Å². The molecule has 3 aromatic rings. The second-order valence-corrected chi connectivity index (χ2v) is 4.90. The van der Waals surface area contributed by atoms with Crippen molar-refractivity contribution in [3.05, 3.63) is 70.5 Å². The van der Waals surface area contributed by atoms with Gasteiger partial charge in [0.05, 0.1) is 18.3 Å². The molecule has 0 aliphatic carbocycles. The first kappa shape index (κ1) is 14.8. The molecule has 116 valence electrons. The Morgan fingerprint density at radius 1 is 1.17 bits per heavy atom. The second-order valence-electron chi connectivity index (χ2n) is 4.90. The number of hydrogen-bond acceptors (Lipinski definition) is 4. The molecule has 3 rings (SSSR count). The second kappa shape index (κ2) is 5.94. The van der Waals surface area contributed by atoms with E-state index in [0.717, 1.165) is 0 Å². The Balaban J connectivity index is 2.05. The summed E-state index contributed by atoms with van der Waals surface area (Å²) >= 11 is 0. The number of rotatable bonds is 3. The maximum absolute atomic E-state index is 12.5. The summed E-state index contributed by atoms with van der Waals surface area (Å²) in [5.41, 5.74) is 0.234. The fourth-order valence-corrected chi connectivity index (χ4v) is 2.29. The van der Waals surface area contributed by atoms with E-state index in [0.29, 0.717) is 21.7 Å². The highest BCUT2D eigenvalue weighted by molar-refractivity contribution is 6.05. The number of carbonyl (C=O) groups is 1. The van der Waals surface area contributed by atoms with Crippen LogP contribution in [-0.2, 0) is 0 Å². The van der Waals surface area contributed by atoms with Gasteiger partial charge in [0.1, 0.15) is 11.3 Å². The smallest absolute Gasteiger partial charge is 0.287 e. The number of aromatic nitrogens is 1. The maximum Gasteiger partial charge on any atom is 0.287 e. The zero-order chi connectivity index (χ0) is 16.4. The lowest BCUT2D eigenvalue weighted by atomic mass is 10.1. The molecule has 6 heteroatoms. The van der Waals surface area contributed by atoms with Crippen LogP contribution in [0.2, 0.25) is 0 Å². The minimum atomic E-state index is -0.796. The first-order valence-electron chi connectivity index (χ1n) is 6.89. The number of H-pyrrole nitrogens is 1. The van der Waals surface area contributed by atoms with Crippen molar-refractivity contribution >= 4 is 22.5 Å². The van der Waals surface area contributed by atoms with Crippen molar-refractivity contribution in [2.75, 3.05) is 12.2 Å². The molecule has 0 bridgehead atoms. The van der Waals surface area contributed by atoms with Crippen LogP contribution in [0, 0.1) is 0 Å². The van der Waals surface area contributed by atoms with Gasteiger partial charge >= 0.3 is 0 Å². The number of carbonyl (C=O) groups excluding carboxylic acids is 1. The van der Waals surface area contributed by atoms with E-state index in [9.17, 15) is 14.8 Å². The summed E-state index contributed by atoms with van der Waals surface area (Å²) in [4.78, 5) is 27.7. The summed E-state index contributed by atoms with van der Waals surface area (Å²) < 4.78 is 5.10. The molecular formula is C17H14N2O4. The van der Waals surface area contributed by atoms with Gasteiger partial charge in [0.2, 0.25) is 5.43 Å². The predicted molar refractivity (Wildman–Crippen MR) is 86.2 cm³/mol. The molecule has 23 heavy (non-hydrogen) atoms. The molecule has 0 aliphatic rings. The lowest BCUT2D eigenvalue weighted by molar-refractivity contribution is 0.0853. The molecule has 0 aliphatic heterocycles. The zero-order valence-electron chi connectivity index (χ0n) is 12.3. The topological polar surface area (TPSA) is 82.6 Å². The van der Waals surface area contributed by atoms with Crippen molar-refractivity contribution in [3.8, 4) is 5.75 Å². The van der Waals surface area contributed by atoms with E-state index in [-0.39, 0.29) is 11.3 Å². The highest BCUT2D eigenvalue weighted by Crippen LogP contribution is 2.18. The molecule has 2 aromatic carbocycles. The Hall–Kier alpha value is -3.12. The highest BCUT2D eigenvalue weighted by atomic mass is 16.5. The number of hydrogen-bond donors (Lipinski definition) is 2. The number of para-hydroxylation sites is 1. The van der Waals surface area contributed by atoms with E-state index < -0.39 is 11.3 Å². The lowest BCUT2D eigenvalue weighted by Gasteiger charge is -2.14. The van der Waals surface area contributed by atoms with Gasteiger partial charge in [-0.1, -0.05) is 18.2 Å². The average Bonchev–Trinajstić information content (AvgIpc) is 2.61. The Labute approximate surface area is 131 Å². The van der Waals surface area contributed by atoms with Crippen LogP contribution in [0.5, 0.6) is 5.75 Å². The third-order valence-corrected chi connectivity index (χ3v) is 3.51. The highest BCUT2D eigenvalue weighted by Gasteiger charge is 2.20. The Morgan fingerprint density at radius 3 is 2.61 bits per heavy atom. The Bertz CT molecular complexity index is 919. The number of benzene rings is 2. The standard InChI is InChI=1S/C17H14N2O4/c1-23-12-7-8-13-15(9-12)18-10-14(16(13)20)17(21)19(22)11-5-3-2-4-6-11/h2-10,22H,1H3,(H,18,20). The number of anilines is 1. The molecule has 0 atom stereocenters. The zero-order valence-corrected chi connectivity index (χ0v) is 12.3. The maximum atomic E-state index is 12.5. The van der Waals surface area contributed by atoms with Crippen molar-refractivity contribution in [1.82, 2.24) is 4.98 Å². The summed E-state index contributed by atoms with van der Waals surface area (Å²) in [6.07, 6.45) is 1.29. The molecule has 0 saturated heterocycles. The summed E-state index contributed by atoms with van der Waals surface area (Å²) in [5.74, 6) is -0.199. The first-order chi connectivity index (χ1) is 11.1. The molecule has 0 unspecified atom stereocenters. The number of nitrogens with zero attached hydrogens (tertiary/aromatic N) is 1. The molecule has 1 amide bonds. The lowest BCUT2D eigenvalue weighted by Crippen LogP contribution is -2.31. The normalized spacial score (nSPS) is 10.5. The fourth-order valence-electron chi connectivity index (χ4n) is 2.29. The van der Waals surface area contributed by atoms with Gasteiger partial charge in [-0.25, -0.2) is 0 Å². The molecular weight excluding hydrogens is 296 g/mol. The number of fused-ring (bicyclic) bond motifs is 1. The molecule has 6 nitrogen and oxygen atoms in total.